The molecule has 0 spiro atoms. The number of nitrogens with one attached hydrogen (secondary N) is 2. The van der Waals surface area contributed by atoms with Gasteiger partial charge < -0.3 is 10.1 Å². The first-order valence-electron chi connectivity index (χ1n) is 4.71. The summed E-state index contributed by atoms with van der Waals surface area (Å²) in [5.41, 5.74) is 0. The molecule has 0 saturated carbocycles. The zero-order chi connectivity index (χ0) is 11.0. The number of rotatable bonds is 8. The van der Waals surface area contributed by atoms with Crippen LogP contribution < -0.4 is 10.0 Å². The molecule has 0 unspecified atom stereocenters. The first-order valence-corrected chi connectivity index (χ1v) is 6.36. The van der Waals surface area contributed by atoms with Crippen LogP contribution in [0, 0.1) is 0 Å². The van der Waals surface area contributed by atoms with E-state index >= 15 is 0 Å². The van der Waals surface area contributed by atoms with E-state index in [0.717, 1.165) is 0 Å². The molecule has 0 aliphatic heterocycles. The van der Waals surface area contributed by atoms with E-state index in [-0.39, 0.29) is 11.9 Å². The summed E-state index contributed by atoms with van der Waals surface area (Å²) in [7, 11) is -1.41. The third-order valence-electron chi connectivity index (χ3n) is 1.50. The lowest BCUT2D eigenvalue weighted by atomic mass is 10.5. The Hall–Kier alpha value is -0.170. The van der Waals surface area contributed by atoms with Crippen molar-refractivity contribution >= 4 is 10.0 Å². The Balaban J connectivity index is 3.56. The van der Waals surface area contributed by atoms with Crippen LogP contribution in [0.4, 0.5) is 0 Å². The molecule has 0 atom stereocenters. The number of sulfonamides is 1. The van der Waals surface area contributed by atoms with E-state index in [0.29, 0.717) is 19.7 Å². The molecule has 2 N–H and O–H groups in total. The SMILES string of the molecule is CNCCS(=O)(=O)NCCOC(C)C. The maximum Gasteiger partial charge on any atom is 0.212 e. The maximum atomic E-state index is 11.2. The fraction of sp³-hybridized carbons (Fsp3) is 1.00. The van der Waals surface area contributed by atoms with Crippen molar-refractivity contribution < 1.29 is 13.2 Å². The van der Waals surface area contributed by atoms with Gasteiger partial charge in [0.15, 0.2) is 0 Å². The number of hydrogen-bond acceptors (Lipinski definition) is 4. The molecular formula is C8H20N2O3S. The van der Waals surface area contributed by atoms with Crippen molar-refractivity contribution in [3.05, 3.63) is 0 Å². The molecule has 0 bridgehead atoms. The Labute approximate surface area is 86.3 Å². The van der Waals surface area contributed by atoms with E-state index in [1.165, 1.54) is 0 Å². The average Bonchev–Trinajstić information content (AvgIpc) is 2.09. The van der Waals surface area contributed by atoms with Gasteiger partial charge in [-0.2, -0.15) is 0 Å². The van der Waals surface area contributed by atoms with Gasteiger partial charge in [-0.15, -0.1) is 0 Å². The summed E-state index contributed by atoms with van der Waals surface area (Å²) < 4.78 is 30.1. The molecule has 0 aromatic heterocycles. The minimum atomic E-state index is -3.13. The molecule has 6 heteroatoms. The molecule has 0 aliphatic carbocycles. The molecule has 0 aromatic carbocycles. The fourth-order valence-electron chi connectivity index (χ4n) is 0.800. The first-order chi connectivity index (χ1) is 6.48. The number of hydrogen-bond donors (Lipinski definition) is 2. The average molecular weight is 224 g/mol. The van der Waals surface area contributed by atoms with Crippen LogP contribution >= 0.6 is 0 Å². The second kappa shape index (κ2) is 7.17. The zero-order valence-electron chi connectivity index (χ0n) is 9.04. The molecule has 0 amide bonds. The topological polar surface area (TPSA) is 67.4 Å². The second-order valence-electron chi connectivity index (χ2n) is 3.24. The molecular weight excluding hydrogens is 204 g/mol. The summed E-state index contributed by atoms with van der Waals surface area (Å²) in [4.78, 5) is 0. The monoisotopic (exact) mass is 224 g/mol. The second-order valence-corrected chi connectivity index (χ2v) is 5.16. The molecule has 0 fully saturated rings. The highest BCUT2D eigenvalue weighted by molar-refractivity contribution is 7.89. The van der Waals surface area contributed by atoms with Crippen LogP contribution in [0.25, 0.3) is 0 Å². The summed E-state index contributed by atoms with van der Waals surface area (Å²) in [6.07, 6.45) is 0.136. The van der Waals surface area contributed by atoms with E-state index in [1.54, 1.807) is 7.05 Å². The Morgan fingerprint density at radius 1 is 1.29 bits per heavy atom. The predicted octanol–water partition coefficient (Wildman–Crippen LogP) is -0.450. The Morgan fingerprint density at radius 3 is 2.43 bits per heavy atom. The summed E-state index contributed by atoms with van der Waals surface area (Å²) in [5.74, 6) is 0.102. The van der Waals surface area contributed by atoms with Gasteiger partial charge in [-0.3, -0.25) is 0 Å². The van der Waals surface area contributed by atoms with Crippen molar-refractivity contribution in [1.29, 1.82) is 0 Å². The molecule has 86 valence electrons. The van der Waals surface area contributed by atoms with Gasteiger partial charge in [0.2, 0.25) is 10.0 Å². The van der Waals surface area contributed by atoms with Gasteiger partial charge in [-0.25, -0.2) is 13.1 Å². The van der Waals surface area contributed by atoms with Crippen molar-refractivity contribution in [3.8, 4) is 0 Å². The van der Waals surface area contributed by atoms with Crippen molar-refractivity contribution in [2.45, 2.75) is 20.0 Å². The van der Waals surface area contributed by atoms with Gasteiger partial charge in [-0.1, -0.05) is 0 Å². The summed E-state index contributed by atoms with van der Waals surface area (Å²) in [5, 5.41) is 2.78. The van der Waals surface area contributed by atoms with Gasteiger partial charge in [0.05, 0.1) is 18.5 Å². The minimum Gasteiger partial charge on any atom is -0.377 e. The molecule has 5 nitrogen and oxygen atoms in total. The van der Waals surface area contributed by atoms with Gasteiger partial charge in [0, 0.05) is 13.1 Å². The standard InChI is InChI=1S/C8H20N2O3S/c1-8(2)13-6-4-10-14(11,12)7-5-9-3/h8-10H,4-7H2,1-3H3. The lowest BCUT2D eigenvalue weighted by Crippen LogP contribution is -2.33. The molecule has 0 saturated heterocycles. The zero-order valence-corrected chi connectivity index (χ0v) is 9.86. The minimum absolute atomic E-state index is 0.102. The Kier molecular flexibility index (Phi) is 7.08. The van der Waals surface area contributed by atoms with Gasteiger partial charge in [0.25, 0.3) is 0 Å². The van der Waals surface area contributed by atoms with Gasteiger partial charge in [-0.05, 0) is 20.9 Å². The van der Waals surface area contributed by atoms with Crippen LogP contribution in [0.5, 0.6) is 0 Å². The van der Waals surface area contributed by atoms with Crippen LogP contribution in [-0.2, 0) is 14.8 Å². The Morgan fingerprint density at radius 2 is 1.93 bits per heavy atom. The molecule has 0 rings (SSSR count). The quantitative estimate of drug-likeness (QED) is 0.548. The van der Waals surface area contributed by atoms with Crippen molar-refractivity contribution in [3.63, 3.8) is 0 Å². The summed E-state index contributed by atoms with van der Waals surface area (Å²) >= 11 is 0. The Bertz CT molecular complexity index is 227. The maximum absolute atomic E-state index is 11.2. The lowest BCUT2D eigenvalue weighted by molar-refractivity contribution is 0.0834. The molecule has 0 heterocycles. The molecule has 14 heavy (non-hydrogen) atoms. The van der Waals surface area contributed by atoms with E-state index in [9.17, 15) is 8.42 Å². The fourth-order valence-corrected chi connectivity index (χ4v) is 1.81. The summed E-state index contributed by atoms with van der Waals surface area (Å²) in [6.45, 7) is 5.03. The van der Waals surface area contributed by atoms with Gasteiger partial charge in [0.1, 0.15) is 0 Å². The van der Waals surface area contributed by atoms with Crippen LogP contribution in [0.1, 0.15) is 13.8 Å². The predicted molar refractivity (Wildman–Crippen MR) is 56.8 cm³/mol. The van der Waals surface area contributed by atoms with Crippen LogP contribution in [-0.4, -0.2) is 47.0 Å². The smallest absolute Gasteiger partial charge is 0.212 e. The van der Waals surface area contributed by atoms with Crippen LogP contribution in [0.2, 0.25) is 0 Å². The van der Waals surface area contributed by atoms with E-state index in [4.69, 9.17) is 4.74 Å². The highest BCUT2D eigenvalue weighted by Crippen LogP contribution is 1.87. The largest absolute Gasteiger partial charge is 0.377 e. The summed E-state index contributed by atoms with van der Waals surface area (Å²) in [6, 6.07) is 0. The highest BCUT2D eigenvalue weighted by Gasteiger charge is 2.07. The first kappa shape index (κ1) is 13.8. The van der Waals surface area contributed by atoms with Crippen LogP contribution in [0.15, 0.2) is 0 Å². The van der Waals surface area contributed by atoms with Gasteiger partial charge >= 0.3 is 0 Å². The van der Waals surface area contributed by atoms with E-state index in [2.05, 4.69) is 10.0 Å². The molecule has 0 radical (unpaired) electrons. The van der Waals surface area contributed by atoms with Crippen molar-refractivity contribution in [2.24, 2.45) is 0 Å². The van der Waals surface area contributed by atoms with E-state index < -0.39 is 10.0 Å². The number of ether oxygens (including phenoxy) is 1. The lowest BCUT2D eigenvalue weighted by Gasteiger charge is -2.08. The molecule has 0 aromatic rings. The molecule has 0 aliphatic rings. The van der Waals surface area contributed by atoms with Crippen molar-refractivity contribution in [1.82, 2.24) is 10.0 Å². The van der Waals surface area contributed by atoms with Crippen molar-refractivity contribution in [2.75, 3.05) is 32.5 Å². The third-order valence-corrected chi connectivity index (χ3v) is 2.88. The highest BCUT2D eigenvalue weighted by atomic mass is 32.2. The normalized spacial score (nSPS) is 12.3. The van der Waals surface area contributed by atoms with E-state index in [1.807, 2.05) is 13.8 Å². The van der Waals surface area contributed by atoms with Crippen LogP contribution in [0.3, 0.4) is 0 Å². The third kappa shape index (κ3) is 8.43.